The largest absolute Gasteiger partial charge is 0.333 e. The van der Waals surface area contributed by atoms with Crippen LogP contribution in [-0.2, 0) is 10.0 Å². The summed E-state index contributed by atoms with van der Waals surface area (Å²) in [6.07, 6.45) is 0. The molecule has 10 heteroatoms. The third-order valence-corrected chi connectivity index (χ3v) is 6.50. The molecule has 0 spiro atoms. The maximum Gasteiger partial charge on any atom is 0.270 e. The van der Waals surface area contributed by atoms with Gasteiger partial charge >= 0.3 is 0 Å². The molecule has 0 aliphatic carbocycles. The van der Waals surface area contributed by atoms with Gasteiger partial charge in [0.25, 0.3) is 15.9 Å². The van der Waals surface area contributed by atoms with E-state index in [2.05, 4.69) is 19.8 Å². The van der Waals surface area contributed by atoms with E-state index in [4.69, 9.17) is 4.52 Å². The van der Waals surface area contributed by atoms with Crippen LogP contribution < -0.4 is 4.72 Å². The fourth-order valence-electron chi connectivity index (χ4n) is 2.68. The lowest BCUT2D eigenvalue weighted by Crippen LogP contribution is -2.12. The van der Waals surface area contributed by atoms with Gasteiger partial charge in [-0.15, -0.1) is 11.3 Å². The van der Waals surface area contributed by atoms with E-state index in [9.17, 15) is 12.8 Å². The number of aryl methyl sites for hydroxylation is 2. The zero-order chi connectivity index (χ0) is 20.6. The van der Waals surface area contributed by atoms with Crippen molar-refractivity contribution in [3.8, 4) is 22.2 Å². The summed E-state index contributed by atoms with van der Waals surface area (Å²) in [7, 11) is -3.81. The Hall–Kier alpha value is -3.11. The molecule has 0 aliphatic heterocycles. The van der Waals surface area contributed by atoms with Crippen LogP contribution in [0.15, 0.2) is 57.9 Å². The Kier molecular flexibility index (Phi) is 4.89. The van der Waals surface area contributed by atoms with Crippen LogP contribution in [0.25, 0.3) is 22.2 Å². The maximum atomic E-state index is 13.0. The zero-order valence-corrected chi connectivity index (χ0v) is 17.0. The summed E-state index contributed by atoms with van der Waals surface area (Å²) < 4.78 is 45.6. The molecule has 0 saturated carbocycles. The Morgan fingerprint density at radius 2 is 1.69 bits per heavy atom. The summed E-state index contributed by atoms with van der Waals surface area (Å²) in [4.78, 5) is 9.55. The molecule has 7 nitrogen and oxygen atoms in total. The quantitative estimate of drug-likeness (QED) is 0.503. The number of sulfonamides is 1. The van der Waals surface area contributed by atoms with Crippen molar-refractivity contribution >= 4 is 27.0 Å². The number of rotatable bonds is 5. The molecule has 148 valence electrons. The van der Waals surface area contributed by atoms with Gasteiger partial charge in [-0.05, 0) is 62.4 Å². The van der Waals surface area contributed by atoms with Crippen molar-refractivity contribution in [2.45, 2.75) is 18.7 Å². The molecule has 0 saturated heterocycles. The van der Waals surface area contributed by atoms with Gasteiger partial charge in [-0.25, -0.2) is 17.8 Å². The topological polar surface area (TPSA) is 98.0 Å². The van der Waals surface area contributed by atoms with Gasteiger partial charge in [-0.3, -0.25) is 4.72 Å². The smallest absolute Gasteiger partial charge is 0.270 e. The van der Waals surface area contributed by atoms with Crippen LogP contribution in [0.3, 0.4) is 0 Å². The van der Waals surface area contributed by atoms with E-state index >= 15 is 0 Å². The van der Waals surface area contributed by atoms with E-state index in [1.165, 1.54) is 23.5 Å². The Morgan fingerprint density at radius 1 is 1.00 bits per heavy atom. The van der Waals surface area contributed by atoms with E-state index < -0.39 is 15.8 Å². The molecule has 0 aliphatic rings. The third-order valence-electron chi connectivity index (χ3n) is 4.04. The van der Waals surface area contributed by atoms with Gasteiger partial charge in [0.1, 0.15) is 10.7 Å². The zero-order valence-electron chi connectivity index (χ0n) is 15.4. The lowest BCUT2D eigenvalue weighted by Gasteiger charge is -2.08. The SMILES string of the molecule is Cc1nc(C)c(-c2nc(-c3ccc(NS(=O)(=O)c4ccc(F)cc4)cc3)no2)s1. The molecule has 0 unspecified atom stereocenters. The molecule has 4 aromatic rings. The van der Waals surface area contributed by atoms with Crippen molar-refractivity contribution in [3.63, 3.8) is 0 Å². The van der Waals surface area contributed by atoms with Crippen molar-refractivity contribution < 1.29 is 17.3 Å². The van der Waals surface area contributed by atoms with Gasteiger partial charge in [-0.1, -0.05) is 5.16 Å². The van der Waals surface area contributed by atoms with E-state index in [0.717, 1.165) is 27.7 Å². The number of thiazole rings is 1. The Morgan fingerprint density at radius 3 is 2.31 bits per heavy atom. The first-order valence-electron chi connectivity index (χ1n) is 8.49. The number of nitrogens with one attached hydrogen (secondary N) is 1. The van der Waals surface area contributed by atoms with Crippen molar-refractivity contribution in [1.82, 2.24) is 15.1 Å². The molecule has 4 rings (SSSR count). The first-order chi connectivity index (χ1) is 13.8. The lowest BCUT2D eigenvalue weighted by molar-refractivity contribution is 0.433. The summed E-state index contributed by atoms with van der Waals surface area (Å²) in [6, 6.07) is 11.1. The number of anilines is 1. The highest BCUT2D eigenvalue weighted by molar-refractivity contribution is 7.92. The van der Waals surface area contributed by atoms with E-state index in [-0.39, 0.29) is 4.90 Å². The van der Waals surface area contributed by atoms with E-state index in [1.807, 2.05) is 13.8 Å². The minimum absolute atomic E-state index is 0.0268. The number of hydrogen-bond donors (Lipinski definition) is 1. The Balaban J connectivity index is 1.54. The minimum atomic E-state index is -3.81. The fourth-order valence-corrected chi connectivity index (χ4v) is 4.58. The molecule has 0 radical (unpaired) electrons. The highest BCUT2D eigenvalue weighted by atomic mass is 32.2. The Labute approximate surface area is 170 Å². The molecule has 0 fully saturated rings. The number of aromatic nitrogens is 3. The van der Waals surface area contributed by atoms with Crippen LogP contribution in [0, 0.1) is 19.7 Å². The van der Waals surface area contributed by atoms with Gasteiger partial charge in [0.15, 0.2) is 0 Å². The molecular formula is C19H15FN4O3S2. The van der Waals surface area contributed by atoms with Crippen LogP contribution in [0.2, 0.25) is 0 Å². The van der Waals surface area contributed by atoms with Gasteiger partial charge in [0, 0.05) is 11.3 Å². The number of nitrogens with zero attached hydrogens (tertiary/aromatic N) is 3. The highest BCUT2D eigenvalue weighted by Gasteiger charge is 2.17. The van der Waals surface area contributed by atoms with Crippen LogP contribution in [0.1, 0.15) is 10.7 Å². The molecular weight excluding hydrogens is 415 g/mol. The molecule has 2 aromatic carbocycles. The first-order valence-corrected chi connectivity index (χ1v) is 10.8. The predicted octanol–water partition coefficient (Wildman–Crippen LogP) is 4.42. The summed E-state index contributed by atoms with van der Waals surface area (Å²) in [6.45, 7) is 3.79. The number of hydrogen-bond acceptors (Lipinski definition) is 7. The van der Waals surface area contributed by atoms with Crippen molar-refractivity contribution in [3.05, 3.63) is 65.0 Å². The van der Waals surface area contributed by atoms with Gasteiger partial charge in [0.2, 0.25) is 5.82 Å². The molecule has 0 bridgehead atoms. The Bertz CT molecular complexity index is 1260. The average Bonchev–Trinajstić information content (AvgIpc) is 3.28. The van der Waals surface area contributed by atoms with Crippen molar-refractivity contribution in [2.24, 2.45) is 0 Å². The summed E-state index contributed by atoms with van der Waals surface area (Å²) in [5.74, 6) is 0.277. The highest BCUT2D eigenvalue weighted by Crippen LogP contribution is 2.30. The second kappa shape index (κ2) is 7.37. The second-order valence-electron chi connectivity index (χ2n) is 6.21. The summed E-state index contributed by atoms with van der Waals surface area (Å²) >= 11 is 1.48. The van der Waals surface area contributed by atoms with Crippen LogP contribution >= 0.6 is 11.3 Å². The average molecular weight is 430 g/mol. The molecule has 0 amide bonds. The standard InChI is InChI=1S/C19H15FN4O3S2/c1-11-17(28-12(2)21-11)19-22-18(23-27-19)13-3-7-15(8-4-13)24-29(25,26)16-9-5-14(20)6-10-16/h3-10,24H,1-2H3. The minimum Gasteiger partial charge on any atom is -0.333 e. The maximum absolute atomic E-state index is 13.0. The van der Waals surface area contributed by atoms with Crippen LogP contribution in [-0.4, -0.2) is 23.5 Å². The molecule has 29 heavy (non-hydrogen) atoms. The predicted molar refractivity (Wildman–Crippen MR) is 108 cm³/mol. The number of benzene rings is 2. The molecule has 2 heterocycles. The van der Waals surface area contributed by atoms with Crippen LogP contribution in [0.5, 0.6) is 0 Å². The normalized spacial score (nSPS) is 11.6. The van der Waals surface area contributed by atoms with Crippen molar-refractivity contribution in [1.29, 1.82) is 0 Å². The summed E-state index contributed by atoms with van der Waals surface area (Å²) in [5, 5.41) is 4.90. The van der Waals surface area contributed by atoms with Gasteiger partial charge in [0.05, 0.1) is 15.6 Å². The molecule has 1 N–H and O–H groups in total. The van der Waals surface area contributed by atoms with Crippen molar-refractivity contribution in [2.75, 3.05) is 4.72 Å². The second-order valence-corrected chi connectivity index (χ2v) is 9.09. The first kappa shape index (κ1) is 19.2. The van der Waals surface area contributed by atoms with Gasteiger partial charge < -0.3 is 4.52 Å². The monoisotopic (exact) mass is 430 g/mol. The molecule has 2 aromatic heterocycles. The third kappa shape index (κ3) is 4.03. The van der Waals surface area contributed by atoms with E-state index in [1.54, 1.807) is 24.3 Å². The lowest BCUT2D eigenvalue weighted by atomic mass is 10.2. The summed E-state index contributed by atoms with van der Waals surface area (Å²) in [5.41, 5.74) is 1.85. The molecule has 0 atom stereocenters. The van der Waals surface area contributed by atoms with Gasteiger partial charge in [-0.2, -0.15) is 4.98 Å². The van der Waals surface area contributed by atoms with E-state index in [0.29, 0.717) is 23.0 Å². The fraction of sp³-hybridized carbons (Fsp3) is 0.105. The van der Waals surface area contributed by atoms with Crippen LogP contribution in [0.4, 0.5) is 10.1 Å². The number of halogens is 1.